The zero-order chi connectivity index (χ0) is 22.7. The van der Waals surface area contributed by atoms with E-state index in [0.717, 1.165) is 0 Å². The molecule has 0 radical (unpaired) electrons. The van der Waals surface area contributed by atoms with Gasteiger partial charge in [0, 0.05) is 48.4 Å². The molecular formula is C21H19FN6O4. The number of amides is 2. The Bertz CT molecular complexity index is 1180. The fourth-order valence-electron chi connectivity index (χ4n) is 3.28. The van der Waals surface area contributed by atoms with Crippen LogP contribution < -0.4 is 10.2 Å². The first-order valence-electron chi connectivity index (χ1n) is 9.65. The number of nitrogens with one attached hydrogen (secondary N) is 1. The van der Waals surface area contributed by atoms with Crippen LogP contribution in [0.3, 0.4) is 0 Å². The van der Waals surface area contributed by atoms with Gasteiger partial charge in [0.05, 0.1) is 25.0 Å². The normalized spacial score (nSPS) is 15.9. The van der Waals surface area contributed by atoms with Crippen LogP contribution in [0.4, 0.5) is 14.9 Å². The lowest BCUT2D eigenvalue weighted by molar-refractivity contribution is -0.119. The minimum absolute atomic E-state index is 0.192. The second-order valence-corrected chi connectivity index (χ2v) is 7.09. The highest BCUT2D eigenvalue weighted by Crippen LogP contribution is 2.28. The van der Waals surface area contributed by atoms with Gasteiger partial charge in [-0.2, -0.15) is 0 Å². The van der Waals surface area contributed by atoms with E-state index < -0.39 is 18.0 Å². The van der Waals surface area contributed by atoms with Crippen molar-refractivity contribution in [3.05, 3.63) is 60.4 Å². The third-order valence-corrected chi connectivity index (χ3v) is 4.82. The van der Waals surface area contributed by atoms with Crippen molar-refractivity contribution >= 4 is 23.9 Å². The summed E-state index contributed by atoms with van der Waals surface area (Å²) in [7, 11) is 0. The number of carbonyl (C=O) groups excluding carboxylic acids is 2. The van der Waals surface area contributed by atoms with Crippen LogP contribution in [-0.4, -0.2) is 57.2 Å². The molecule has 0 bridgehead atoms. The summed E-state index contributed by atoms with van der Waals surface area (Å²) in [5.41, 5.74) is 1.77. The Morgan fingerprint density at radius 1 is 1.38 bits per heavy atom. The number of halogens is 1. The molecule has 1 atom stereocenters. The van der Waals surface area contributed by atoms with E-state index in [1.54, 1.807) is 35.2 Å². The van der Waals surface area contributed by atoms with E-state index in [-0.39, 0.29) is 24.6 Å². The first-order chi connectivity index (χ1) is 15.4. The molecule has 164 valence electrons. The molecular weight excluding hydrogens is 419 g/mol. The molecule has 3 heterocycles. The van der Waals surface area contributed by atoms with Crippen LogP contribution in [0.2, 0.25) is 0 Å². The van der Waals surface area contributed by atoms with Gasteiger partial charge < -0.3 is 15.3 Å². The summed E-state index contributed by atoms with van der Waals surface area (Å²) >= 11 is 0. The number of carbonyl (C=O) groups is 2. The summed E-state index contributed by atoms with van der Waals surface area (Å²) in [4.78, 5) is 33.0. The second kappa shape index (κ2) is 8.84. The minimum Gasteiger partial charge on any atom is -0.442 e. The van der Waals surface area contributed by atoms with Crippen LogP contribution in [0.5, 0.6) is 0 Å². The molecule has 11 heteroatoms. The van der Waals surface area contributed by atoms with Crippen LogP contribution in [0.15, 0.2) is 54.2 Å². The lowest BCUT2D eigenvalue weighted by atomic mass is 10.1. The zero-order valence-electron chi connectivity index (χ0n) is 17.0. The van der Waals surface area contributed by atoms with E-state index in [2.05, 4.69) is 20.4 Å². The van der Waals surface area contributed by atoms with Gasteiger partial charge in [-0.1, -0.05) is 5.16 Å². The second-order valence-electron chi connectivity index (χ2n) is 7.09. The number of hydrogen-bond donors (Lipinski definition) is 2. The minimum atomic E-state index is -0.600. The van der Waals surface area contributed by atoms with E-state index >= 15 is 0 Å². The number of aromatic nitrogens is 3. The predicted molar refractivity (Wildman–Crippen MR) is 112 cm³/mol. The Hall–Kier alpha value is -4.28. The highest BCUT2D eigenvalue weighted by atomic mass is 19.1. The molecule has 0 aliphatic carbocycles. The van der Waals surface area contributed by atoms with Crippen molar-refractivity contribution in [2.45, 2.75) is 13.0 Å². The molecule has 32 heavy (non-hydrogen) atoms. The average molecular weight is 438 g/mol. The molecule has 2 N–H and O–H groups in total. The molecule has 4 rings (SSSR count). The summed E-state index contributed by atoms with van der Waals surface area (Å²) in [5.74, 6) is -0.396. The van der Waals surface area contributed by atoms with Crippen LogP contribution >= 0.6 is 0 Å². The molecule has 0 saturated carbocycles. The van der Waals surface area contributed by atoms with Crippen molar-refractivity contribution < 1.29 is 23.9 Å². The van der Waals surface area contributed by atoms with Crippen LogP contribution in [-0.2, 0) is 9.53 Å². The fourth-order valence-corrected chi connectivity index (χ4v) is 3.28. The first-order valence-corrected chi connectivity index (χ1v) is 9.65. The molecule has 2 aromatic heterocycles. The predicted octanol–water partition coefficient (Wildman–Crippen LogP) is 2.34. The molecule has 2 amide bonds. The number of anilines is 1. The van der Waals surface area contributed by atoms with E-state index in [1.807, 2.05) is 0 Å². The number of benzene rings is 1. The monoisotopic (exact) mass is 438 g/mol. The summed E-state index contributed by atoms with van der Waals surface area (Å²) in [6, 6.07) is 6.13. The van der Waals surface area contributed by atoms with Crippen molar-refractivity contribution in [3.63, 3.8) is 0 Å². The number of oxime groups is 1. The van der Waals surface area contributed by atoms with Crippen molar-refractivity contribution in [3.8, 4) is 17.1 Å². The molecule has 1 aromatic carbocycles. The maximum absolute atomic E-state index is 14.8. The first kappa shape index (κ1) is 21.0. The smallest absolute Gasteiger partial charge is 0.414 e. The third-order valence-electron chi connectivity index (χ3n) is 4.82. The van der Waals surface area contributed by atoms with Gasteiger partial charge in [0.1, 0.15) is 11.9 Å². The van der Waals surface area contributed by atoms with Gasteiger partial charge in [-0.25, -0.2) is 19.2 Å². The Morgan fingerprint density at radius 3 is 2.84 bits per heavy atom. The summed E-state index contributed by atoms with van der Waals surface area (Å²) < 4.78 is 21.7. The van der Waals surface area contributed by atoms with Gasteiger partial charge in [-0.3, -0.25) is 14.3 Å². The Morgan fingerprint density at radius 2 is 2.16 bits per heavy atom. The number of cyclic esters (lactones) is 1. The average Bonchev–Trinajstić information content (AvgIpc) is 3.39. The maximum atomic E-state index is 14.8. The van der Waals surface area contributed by atoms with Crippen molar-refractivity contribution in [1.29, 1.82) is 0 Å². The number of nitrogens with zero attached hydrogens (tertiary/aromatic N) is 5. The molecule has 1 fully saturated rings. The highest BCUT2D eigenvalue weighted by Gasteiger charge is 2.32. The van der Waals surface area contributed by atoms with Crippen molar-refractivity contribution in [1.82, 2.24) is 19.9 Å². The standard InChI is InChI=1S/C21H19FN6O4/c1-13(29)23-10-17-12-28(21(30)32-17)16-2-3-18(19(22)6-16)15-8-24-20(25-9-15)27-5-4-14(11-27)7-26-31/h2-9,11,17,31H,10,12H2,1H3,(H,23,29)/t17-/m0/s1. The lowest BCUT2D eigenvalue weighted by Gasteiger charge is -2.14. The van der Waals surface area contributed by atoms with Crippen LogP contribution in [0, 0.1) is 5.82 Å². The van der Waals surface area contributed by atoms with Gasteiger partial charge >= 0.3 is 6.09 Å². The number of ether oxygens (including phenoxy) is 1. The lowest BCUT2D eigenvalue weighted by Crippen LogP contribution is -2.33. The van der Waals surface area contributed by atoms with Crippen molar-refractivity contribution in [2.75, 3.05) is 18.0 Å². The highest BCUT2D eigenvalue weighted by molar-refractivity contribution is 5.90. The summed E-state index contributed by atoms with van der Waals surface area (Å²) in [6.45, 7) is 1.77. The van der Waals surface area contributed by atoms with Gasteiger partial charge in [0.2, 0.25) is 11.9 Å². The molecule has 1 saturated heterocycles. The van der Waals surface area contributed by atoms with Gasteiger partial charge in [-0.05, 0) is 24.3 Å². The van der Waals surface area contributed by atoms with Gasteiger partial charge in [0.25, 0.3) is 0 Å². The molecule has 3 aromatic rings. The van der Waals surface area contributed by atoms with Crippen molar-refractivity contribution in [2.24, 2.45) is 5.16 Å². The summed E-state index contributed by atoms with van der Waals surface area (Å²) in [5, 5.41) is 14.2. The molecule has 0 unspecified atom stereocenters. The maximum Gasteiger partial charge on any atom is 0.414 e. The van der Waals surface area contributed by atoms with Crippen LogP contribution in [0.1, 0.15) is 12.5 Å². The number of hydrogen-bond acceptors (Lipinski definition) is 7. The molecule has 0 spiro atoms. The Balaban J connectivity index is 1.49. The zero-order valence-corrected chi connectivity index (χ0v) is 17.0. The van der Waals surface area contributed by atoms with E-state index in [1.165, 1.54) is 36.5 Å². The fraction of sp³-hybridized carbons (Fsp3) is 0.190. The van der Waals surface area contributed by atoms with Gasteiger partial charge in [0.15, 0.2) is 0 Å². The Labute approximate surface area is 182 Å². The quantitative estimate of drug-likeness (QED) is 0.346. The largest absolute Gasteiger partial charge is 0.442 e. The molecule has 10 nitrogen and oxygen atoms in total. The van der Waals surface area contributed by atoms with Crippen LogP contribution in [0.25, 0.3) is 17.1 Å². The van der Waals surface area contributed by atoms with E-state index in [0.29, 0.717) is 22.8 Å². The number of rotatable bonds is 6. The molecule has 1 aliphatic rings. The Kier molecular flexibility index (Phi) is 5.79. The molecule has 1 aliphatic heterocycles. The summed E-state index contributed by atoms with van der Waals surface area (Å²) in [6.07, 6.45) is 6.54. The third kappa shape index (κ3) is 4.41. The van der Waals surface area contributed by atoms with E-state index in [4.69, 9.17) is 9.94 Å². The topological polar surface area (TPSA) is 122 Å². The van der Waals surface area contributed by atoms with Gasteiger partial charge in [-0.15, -0.1) is 0 Å². The van der Waals surface area contributed by atoms with E-state index in [9.17, 15) is 14.0 Å². The SMILES string of the molecule is CC(=O)NC[C@H]1CN(c2ccc(-c3cnc(-n4ccc(C=NO)c4)nc3)c(F)c2)C(=O)O1.